The van der Waals surface area contributed by atoms with Crippen LogP contribution in [0.25, 0.3) is 0 Å². The number of rotatable bonds is 4. The molecule has 0 aliphatic carbocycles. The fourth-order valence-electron chi connectivity index (χ4n) is 1.78. The highest BCUT2D eigenvalue weighted by Crippen LogP contribution is 2.31. The summed E-state index contributed by atoms with van der Waals surface area (Å²) in [6.07, 6.45) is 1.47. The van der Waals surface area contributed by atoms with Crippen molar-refractivity contribution < 1.29 is 8.42 Å². The number of thiophene rings is 1. The van der Waals surface area contributed by atoms with Crippen LogP contribution in [-0.4, -0.2) is 24.8 Å². The molecule has 0 bridgehead atoms. The monoisotopic (exact) mass is 330 g/mol. The van der Waals surface area contributed by atoms with E-state index in [1.54, 1.807) is 24.5 Å². The maximum absolute atomic E-state index is 12.6. The molecular formula is C13H15ClN2O2S2. The number of nitrogens with zero attached hydrogens (tertiary/aromatic N) is 2. The summed E-state index contributed by atoms with van der Waals surface area (Å²) >= 11 is 7.48. The Morgan fingerprint density at radius 2 is 2.05 bits per heavy atom. The third-order valence-corrected chi connectivity index (χ3v) is 6.64. The average Bonchev–Trinajstić information content (AvgIpc) is 2.84. The van der Waals surface area contributed by atoms with Gasteiger partial charge in [-0.05, 0) is 38.1 Å². The van der Waals surface area contributed by atoms with E-state index in [0.29, 0.717) is 0 Å². The minimum atomic E-state index is -3.66. The summed E-state index contributed by atoms with van der Waals surface area (Å²) in [4.78, 5) is 6.00. The summed E-state index contributed by atoms with van der Waals surface area (Å²) in [6.45, 7) is 3.85. The van der Waals surface area contributed by atoms with Gasteiger partial charge >= 0.3 is 0 Å². The Morgan fingerprint density at radius 1 is 1.35 bits per heavy atom. The number of hydrogen-bond acceptors (Lipinski definition) is 4. The van der Waals surface area contributed by atoms with Gasteiger partial charge in [0.25, 0.3) is 0 Å². The van der Waals surface area contributed by atoms with Gasteiger partial charge in [-0.2, -0.15) is 4.31 Å². The van der Waals surface area contributed by atoms with E-state index in [4.69, 9.17) is 11.6 Å². The Balaban J connectivity index is 2.37. The first-order valence-electron chi connectivity index (χ1n) is 5.99. The fourth-order valence-corrected chi connectivity index (χ4v) is 4.59. The SMILES string of the molecule is Cc1ccc(C(C)N(C)S(=O)(=O)c2cccnc2Cl)s1. The molecule has 0 radical (unpaired) electrons. The lowest BCUT2D eigenvalue weighted by molar-refractivity contribution is 0.403. The van der Waals surface area contributed by atoms with Gasteiger partial charge in [0, 0.05) is 23.0 Å². The summed E-state index contributed by atoms with van der Waals surface area (Å²) in [6, 6.07) is 6.70. The van der Waals surface area contributed by atoms with Crippen LogP contribution in [0.5, 0.6) is 0 Å². The quantitative estimate of drug-likeness (QED) is 0.806. The molecule has 0 saturated carbocycles. The molecule has 0 aliphatic heterocycles. The lowest BCUT2D eigenvalue weighted by Gasteiger charge is -2.23. The van der Waals surface area contributed by atoms with Crippen molar-refractivity contribution in [2.75, 3.05) is 7.05 Å². The molecule has 0 N–H and O–H groups in total. The zero-order valence-electron chi connectivity index (χ0n) is 11.4. The molecule has 2 aromatic heterocycles. The van der Waals surface area contributed by atoms with Crippen molar-refractivity contribution in [3.8, 4) is 0 Å². The number of sulfonamides is 1. The van der Waals surface area contributed by atoms with Crippen LogP contribution in [0.15, 0.2) is 35.4 Å². The van der Waals surface area contributed by atoms with Crippen LogP contribution >= 0.6 is 22.9 Å². The Hall–Kier alpha value is -0.950. The smallest absolute Gasteiger partial charge is 0.243 e. The predicted molar refractivity (Wildman–Crippen MR) is 81.7 cm³/mol. The summed E-state index contributed by atoms with van der Waals surface area (Å²) in [5, 5.41) is -0.00564. The van der Waals surface area contributed by atoms with Gasteiger partial charge in [-0.1, -0.05) is 11.6 Å². The number of aryl methyl sites for hydroxylation is 1. The standard InChI is InChI=1S/C13H15ClN2O2S2/c1-9-6-7-11(19-9)10(2)16(3)20(17,18)12-5-4-8-15-13(12)14/h4-8,10H,1-3H3. The average molecular weight is 331 g/mol. The van der Waals surface area contributed by atoms with Crippen LogP contribution in [0.4, 0.5) is 0 Å². The fraction of sp³-hybridized carbons (Fsp3) is 0.308. The van der Waals surface area contributed by atoms with Crippen LogP contribution in [0, 0.1) is 6.92 Å². The van der Waals surface area contributed by atoms with E-state index in [0.717, 1.165) is 9.75 Å². The second kappa shape index (κ2) is 5.81. The maximum atomic E-state index is 12.6. The molecule has 0 aromatic carbocycles. The molecule has 20 heavy (non-hydrogen) atoms. The topological polar surface area (TPSA) is 50.3 Å². The van der Waals surface area contributed by atoms with E-state index in [1.165, 1.54) is 16.6 Å². The van der Waals surface area contributed by atoms with Crippen LogP contribution in [0.1, 0.15) is 22.7 Å². The largest absolute Gasteiger partial charge is 0.246 e. The Kier molecular flexibility index (Phi) is 4.49. The van der Waals surface area contributed by atoms with Crippen molar-refractivity contribution in [2.24, 2.45) is 0 Å². The molecule has 0 amide bonds. The van der Waals surface area contributed by atoms with Crippen molar-refractivity contribution in [1.29, 1.82) is 0 Å². The molecular weight excluding hydrogens is 316 g/mol. The van der Waals surface area contributed by atoms with E-state index >= 15 is 0 Å². The van der Waals surface area contributed by atoms with E-state index < -0.39 is 10.0 Å². The molecule has 2 aromatic rings. The predicted octanol–water partition coefficient (Wildman–Crippen LogP) is 3.49. The van der Waals surface area contributed by atoms with Gasteiger partial charge in [0.05, 0.1) is 6.04 Å². The highest BCUT2D eigenvalue weighted by atomic mass is 35.5. The minimum absolute atomic E-state index is 0.00564. The van der Waals surface area contributed by atoms with E-state index in [1.807, 2.05) is 26.0 Å². The number of pyridine rings is 1. The summed E-state index contributed by atoms with van der Waals surface area (Å²) in [5.74, 6) is 0. The Labute approximate surface area is 128 Å². The molecule has 2 rings (SSSR count). The third-order valence-electron chi connectivity index (χ3n) is 3.10. The van der Waals surface area contributed by atoms with Crippen LogP contribution in [0.2, 0.25) is 5.15 Å². The van der Waals surface area contributed by atoms with Crippen molar-refractivity contribution in [3.05, 3.63) is 45.4 Å². The normalized spacial score (nSPS) is 13.7. The van der Waals surface area contributed by atoms with Gasteiger partial charge in [0.2, 0.25) is 10.0 Å². The second-order valence-electron chi connectivity index (χ2n) is 4.44. The first kappa shape index (κ1) is 15.4. The molecule has 4 nitrogen and oxygen atoms in total. The van der Waals surface area contributed by atoms with Gasteiger partial charge in [-0.15, -0.1) is 11.3 Å². The zero-order valence-corrected chi connectivity index (χ0v) is 13.8. The Bertz CT molecular complexity index is 713. The zero-order chi connectivity index (χ0) is 14.9. The van der Waals surface area contributed by atoms with Crippen LogP contribution < -0.4 is 0 Å². The highest BCUT2D eigenvalue weighted by molar-refractivity contribution is 7.89. The lowest BCUT2D eigenvalue weighted by atomic mass is 10.3. The molecule has 2 heterocycles. The van der Waals surface area contributed by atoms with Gasteiger partial charge in [-0.3, -0.25) is 0 Å². The summed E-state index contributed by atoms with van der Waals surface area (Å²) < 4.78 is 26.5. The van der Waals surface area contributed by atoms with Gasteiger partial charge in [0.15, 0.2) is 0 Å². The van der Waals surface area contributed by atoms with E-state index in [9.17, 15) is 8.42 Å². The van der Waals surface area contributed by atoms with Crippen molar-refractivity contribution in [2.45, 2.75) is 24.8 Å². The molecule has 0 saturated heterocycles. The summed E-state index contributed by atoms with van der Waals surface area (Å²) in [5.41, 5.74) is 0. The molecule has 7 heteroatoms. The first-order valence-corrected chi connectivity index (χ1v) is 8.62. The first-order chi connectivity index (χ1) is 9.34. The van der Waals surface area contributed by atoms with Gasteiger partial charge < -0.3 is 0 Å². The summed E-state index contributed by atoms with van der Waals surface area (Å²) in [7, 11) is -2.11. The third kappa shape index (κ3) is 2.88. The molecule has 0 spiro atoms. The number of halogens is 1. The van der Waals surface area contributed by atoms with E-state index in [-0.39, 0.29) is 16.1 Å². The second-order valence-corrected chi connectivity index (χ2v) is 8.08. The minimum Gasteiger partial charge on any atom is -0.243 e. The van der Waals surface area contributed by atoms with Crippen molar-refractivity contribution >= 4 is 33.0 Å². The molecule has 0 aliphatic rings. The Morgan fingerprint density at radius 3 is 2.60 bits per heavy atom. The molecule has 1 atom stereocenters. The van der Waals surface area contributed by atoms with Gasteiger partial charge in [-0.25, -0.2) is 13.4 Å². The maximum Gasteiger partial charge on any atom is 0.246 e. The number of hydrogen-bond donors (Lipinski definition) is 0. The molecule has 1 unspecified atom stereocenters. The lowest BCUT2D eigenvalue weighted by Crippen LogP contribution is -2.29. The number of aromatic nitrogens is 1. The molecule has 108 valence electrons. The van der Waals surface area contributed by atoms with Crippen molar-refractivity contribution in [3.63, 3.8) is 0 Å². The molecule has 0 fully saturated rings. The van der Waals surface area contributed by atoms with Crippen LogP contribution in [0.3, 0.4) is 0 Å². The highest BCUT2D eigenvalue weighted by Gasteiger charge is 2.29. The van der Waals surface area contributed by atoms with Crippen LogP contribution in [-0.2, 0) is 10.0 Å². The van der Waals surface area contributed by atoms with Gasteiger partial charge in [0.1, 0.15) is 10.0 Å². The van der Waals surface area contributed by atoms with E-state index in [2.05, 4.69) is 4.98 Å². The van der Waals surface area contributed by atoms with Crippen molar-refractivity contribution in [1.82, 2.24) is 9.29 Å².